The smallest absolute Gasteiger partial charge is 0.328 e. The van der Waals surface area contributed by atoms with Gasteiger partial charge in [0.1, 0.15) is 11.9 Å². The van der Waals surface area contributed by atoms with Crippen LogP contribution in [0.1, 0.15) is 5.56 Å². The number of ether oxygens (including phenoxy) is 1. The molecule has 2 N–H and O–H groups in total. The van der Waals surface area contributed by atoms with Crippen molar-refractivity contribution in [3.8, 4) is 0 Å². The molecule has 0 spiro atoms. The van der Waals surface area contributed by atoms with Gasteiger partial charge >= 0.3 is 5.97 Å². The van der Waals surface area contributed by atoms with Gasteiger partial charge in [0, 0.05) is 6.42 Å². The second-order valence-electron chi connectivity index (χ2n) is 5.49. The number of aromatic nitrogens is 1. The van der Waals surface area contributed by atoms with E-state index in [0.717, 1.165) is 5.56 Å². The standard InChI is InChI=1S/C18H16FN3O2S2/c1-24-16(23)14(9-11-5-3-2-4-6-11)20-17(25)22-18-21-13-8-7-12(19)10-15(13)26-18/h2-8,10,14H,9H2,1H3,(H2,20,21,22,25). The molecule has 1 aromatic heterocycles. The number of carbonyl (C=O) groups is 1. The molecular weight excluding hydrogens is 373 g/mol. The summed E-state index contributed by atoms with van der Waals surface area (Å²) in [7, 11) is 1.33. The minimum Gasteiger partial charge on any atom is -0.467 e. The number of esters is 1. The topological polar surface area (TPSA) is 63.2 Å². The minimum atomic E-state index is -0.630. The zero-order valence-corrected chi connectivity index (χ0v) is 15.5. The summed E-state index contributed by atoms with van der Waals surface area (Å²) in [6.45, 7) is 0. The normalized spacial score (nSPS) is 11.8. The Morgan fingerprint density at radius 2 is 2.08 bits per heavy atom. The molecule has 0 saturated heterocycles. The molecule has 0 fully saturated rings. The monoisotopic (exact) mass is 389 g/mol. The maximum atomic E-state index is 13.3. The summed E-state index contributed by atoms with van der Waals surface area (Å²) in [6, 6.07) is 13.3. The lowest BCUT2D eigenvalue weighted by Gasteiger charge is -2.18. The Labute approximate surface area is 159 Å². The number of thiazole rings is 1. The van der Waals surface area contributed by atoms with Crippen molar-refractivity contribution in [2.45, 2.75) is 12.5 Å². The van der Waals surface area contributed by atoms with Gasteiger partial charge in [-0.15, -0.1) is 0 Å². The molecule has 0 aliphatic carbocycles. The van der Waals surface area contributed by atoms with E-state index in [9.17, 15) is 9.18 Å². The molecule has 0 bridgehead atoms. The Morgan fingerprint density at radius 3 is 2.81 bits per heavy atom. The first kappa shape index (κ1) is 18.2. The quantitative estimate of drug-likeness (QED) is 0.514. The van der Waals surface area contributed by atoms with Crippen LogP contribution in [0.4, 0.5) is 9.52 Å². The van der Waals surface area contributed by atoms with Crippen molar-refractivity contribution in [1.82, 2.24) is 10.3 Å². The van der Waals surface area contributed by atoms with E-state index >= 15 is 0 Å². The fraction of sp³-hybridized carbons (Fsp3) is 0.167. The van der Waals surface area contributed by atoms with Crippen LogP contribution >= 0.6 is 23.6 Å². The number of halogens is 1. The van der Waals surface area contributed by atoms with Gasteiger partial charge in [-0.2, -0.15) is 0 Å². The third kappa shape index (κ3) is 4.53. The summed E-state index contributed by atoms with van der Waals surface area (Å²) in [4.78, 5) is 16.4. The summed E-state index contributed by atoms with van der Waals surface area (Å²) in [6.07, 6.45) is 0.431. The van der Waals surface area contributed by atoms with Crippen LogP contribution in [-0.4, -0.2) is 29.2 Å². The number of benzene rings is 2. The number of nitrogens with zero attached hydrogens (tertiary/aromatic N) is 1. The Kier molecular flexibility index (Phi) is 5.75. The van der Waals surface area contributed by atoms with Crippen LogP contribution < -0.4 is 10.6 Å². The average Bonchev–Trinajstić information content (AvgIpc) is 3.02. The van der Waals surface area contributed by atoms with Gasteiger partial charge in [-0.05, 0) is 36.0 Å². The van der Waals surface area contributed by atoms with Crippen molar-refractivity contribution >= 4 is 50.0 Å². The highest BCUT2D eigenvalue weighted by atomic mass is 32.1. The molecule has 0 aliphatic heterocycles. The molecule has 1 heterocycles. The number of carbonyl (C=O) groups excluding carboxylic acids is 1. The number of anilines is 1. The maximum Gasteiger partial charge on any atom is 0.328 e. The minimum absolute atomic E-state index is 0.246. The molecule has 3 aromatic rings. The van der Waals surface area contributed by atoms with Gasteiger partial charge in [0.15, 0.2) is 10.2 Å². The summed E-state index contributed by atoms with van der Waals surface area (Å²) in [5.74, 6) is -0.730. The maximum absolute atomic E-state index is 13.3. The molecule has 1 unspecified atom stereocenters. The number of hydrogen-bond donors (Lipinski definition) is 2. The lowest BCUT2D eigenvalue weighted by molar-refractivity contribution is -0.142. The Bertz CT molecular complexity index is 931. The van der Waals surface area contributed by atoms with Gasteiger partial charge in [-0.1, -0.05) is 41.7 Å². The fourth-order valence-corrected chi connectivity index (χ4v) is 3.63. The Morgan fingerprint density at radius 1 is 1.31 bits per heavy atom. The van der Waals surface area contributed by atoms with E-state index in [-0.39, 0.29) is 10.9 Å². The molecule has 0 amide bonds. The summed E-state index contributed by atoms with van der Waals surface area (Å²) < 4.78 is 18.8. The Hall–Kier alpha value is -2.58. The lowest BCUT2D eigenvalue weighted by Crippen LogP contribution is -2.44. The number of fused-ring (bicyclic) bond motifs is 1. The van der Waals surface area contributed by atoms with Crippen LogP contribution in [0.3, 0.4) is 0 Å². The molecule has 0 aliphatic rings. The molecule has 0 saturated carbocycles. The van der Waals surface area contributed by atoms with Gasteiger partial charge in [0.25, 0.3) is 0 Å². The third-order valence-corrected chi connectivity index (χ3v) is 4.80. The molecule has 26 heavy (non-hydrogen) atoms. The van der Waals surface area contributed by atoms with E-state index < -0.39 is 12.0 Å². The number of rotatable bonds is 5. The van der Waals surface area contributed by atoms with Gasteiger partial charge < -0.3 is 15.4 Å². The number of thiocarbonyl (C=S) groups is 1. The predicted molar refractivity (Wildman–Crippen MR) is 105 cm³/mol. The summed E-state index contributed by atoms with van der Waals surface area (Å²) in [5.41, 5.74) is 1.66. The molecule has 8 heteroatoms. The zero-order valence-electron chi connectivity index (χ0n) is 13.9. The van der Waals surface area contributed by atoms with Crippen LogP contribution in [0.15, 0.2) is 48.5 Å². The summed E-state index contributed by atoms with van der Waals surface area (Å²) in [5, 5.41) is 6.67. The average molecular weight is 389 g/mol. The van der Waals surface area contributed by atoms with E-state index in [0.29, 0.717) is 21.8 Å². The van der Waals surface area contributed by atoms with E-state index in [1.165, 1.54) is 30.6 Å². The van der Waals surface area contributed by atoms with Gasteiger partial charge in [0.05, 0.1) is 17.3 Å². The number of nitrogens with one attached hydrogen (secondary N) is 2. The van der Waals surface area contributed by atoms with Gasteiger partial charge in [-0.25, -0.2) is 14.2 Å². The van der Waals surface area contributed by atoms with E-state index in [1.807, 2.05) is 30.3 Å². The molecular formula is C18H16FN3O2S2. The third-order valence-electron chi connectivity index (χ3n) is 3.64. The second-order valence-corrected chi connectivity index (χ2v) is 6.93. The highest BCUT2D eigenvalue weighted by Crippen LogP contribution is 2.26. The number of methoxy groups -OCH3 is 1. The highest BCUT2D eigenvalue weighted by molar-refractivity contribution is 7.80. The molecule has 3 rings (SSSR count). The number of hydrogen-bond acceptors (Lipinski definition) is 5. The van der Waals surface area contributed by atoms with Crippen molar-refractivity contribution in [1.29, 1.82) is 0 Å². The van der Waals surface area contributed by atoms with Crippen molar-refractivity contribution in [3.63, 3.8) is 0 Å². The SMILES string of the molecule is COC(=O)C(Cc1ccccc1)NC(=S)Nc1nc2ccc(F)cc2s1. The van der Waals surface area contributed by atoms with Gasteiger partial charge in [0.2, 0.25) is 0 Å². The fourth-order valence-electron chi connectivity index (χ4n) is 2.43. The first-order valence-electron chi connectivity index (χ1n) is 7.80. The van der Waals surface area contributed by atoms with Crippen molar-refractivity contribution in [3.05, 3.63) is 59.9 Å². The molecule has 5 nitrogen and oxygen atoms in total. The van der Waals surface area contributed by atoms with Crippen LogP contribution in [0.25, 0.3) is 10.2 Å². The van der Waals surface area contributed by atoms with Crippen LogP contribution in [0, 0.1) is 5.82 Å². The first-order valence-corrected chi connectivity index (χ1v) is 9.03. The van der Waals surface area contributed by atoms with E-state index in [2.05, 4.69) is 15.6 Å². The van der Waals surface area contributed by atoms with E-state index in [1.54, 1.807) is 6.07 Å². The molecule has 1 atom stereocenters. The van der Waals surface area contributed by atoms with Crippen LogP contribution in [0.5, 0.6) is 0 Å². The highest BCUT2D eigenvalue weighted by Gasteiger charge is 2.21. The second kappa shape index (κ2) is 8.20. The predicted octanol–water partition coefficient (Wildman–Crippen LogP) is 3.51. The van der Waals surface area contributed by atoms with Crippen LogP contribution in [-0.2, 0) is 16.0 Å². The zero-order chi connectivity index (χ0) is 18.5. The molecule has 134 valence electrons. The largest absolute Gasteiger partial charge is 0.467 e. The van der Waals surface area contributed by atoms with Crippen molar-refractivity contribution in [2.75, 3.05) is 12.4 Å². The van der Waals surface area contributed by atoms with Crippen molar-refractivity contribution in [2.24, 2.45) is 0 Å². The van der Waals surface area contributed by atoms with Crippen LogP contribution in [0.2, 0.25) is 0 Å². The Balaban J connectivity index is 1.69. The first-order chi connectivity index (χ1) is 12.5. The molecule has 0 radical (unpaired) electrons. The van der Waals surface area contributed by atoms with Crippen molar-refractivity contribution < 1.29 is 13.9 Å². The summed E-state index contributed by atoms with van der Waals surface area (Å²) >= 11 is 6.57. The van der Waals surface area contributed by atoms with Gasteiger partial charge in [-0.3, -0.25) is 0 Å². The van der Waals surface area contributed by atoms with E-state index in [4.69, 9.17) is 17.0 Å². The lowest BCUT2D eigenvalue weighted by atomic mass is 10.1. The molecule has 2 aromatic carbocycles.